The monoisotopic (exact) mass is 168 g/mol. The van der Waals surface area contributed by atoms with E-state index in [1.807, 2.05) is 0 Å². The molecule has 0 spiro atoms. The van der Waals surface area contributed by atoms with Crippen molar-refractivity contribution in [2.45, 2.75) is 6.04 Å². The van der Waals surface area contributed by atoms with Gasteiger partial charge in [0.2, 0.25) is 5.91 Å². The van der Waals surface area contributed by atoms with Gasteiger partial charge in [0.1, 0.15) is 6.04 Å². The fourth-order valence-corrected chi connectivity index (χ4v) is 1.26. The van der Waals surface area contributed by atoms with E-state index >= 15 is 0 Å². The number of carbonyl (C=O) groups is 1. The van der Waals surface area contributed by atoms with E-state index in [1.165, 1.54) is 0 Å². The van der Waals surface area contributed by atoms with Gasteiger partial charge in [-0.05, 0) is 0 Å². The highest BCUT2D eigenvalue weighted by atomic mass is 16.1. The fourth-order valence-electron chi connectivity index (χ4n) is 1.26. The van der Waals surface area contributed by atoms with Crippen LogP contribution < -0.4 is 11.1 Å². The van der Waals surface area contributed by atoms with E-state index in [0.717, 1.165) is 6.54 Å². The van der Waals surface area contributed by atoms with Gasteiger partial charge in [0.05, 0.1) is 12.6 Å². The number of primary amides is 1. The maximum atomic E-state index is 10.6. The lowest BCUT2D eigenvalue weighted by molar-refractivity contribution is -0.119. The Morgan fingerprint density at radius 2 is 2.58 bits per heavy atom. The number of carbonyl (C=O) groups excluding carboxylic acids is 1. The predicted molar refractivity (Wildman–Crippen MR) is 43.0 cm³/mol. The Kier molecular flexibility index (Phi) is 3.02. The van der Waals surface area contributed by atoms with Gasteiger partial charge in [-0.2, -0.15) is 5.26 Å². The van der Waals surface area contributed by atoms with Crippen molar-refractivity contribution in [1.29, 1.82) is 5.26 Å². The fraction of sp³-hybridized carbons (Fsp3) is 0.714. The van der Waals surface area contributed by atoms with E-state index in [2.05, 4.69) is 11.4 Å². The SMILES string of the molecule is N#CC1CNCCN1CC(N)=O. The van der Waals surface area contributed by atoms with Gasteiger partial charge >= 0.3 is 0 Å². The topological polar surface area (TPSA) is 82.2 Å². The normalized spacial score (nSPS) is 24.8. The summed E-state index contributed by atoms with van der Waals surface area (Å²) in [5, 5.41) is 11.8. The molecule has 1 aliphatic rings. The van der Waals surface area contributed by atoms with Crippen molar-refractivity contribution in [3.63, 3.8) is 0 Å². The Morgan fingerprint density at radius 1 is 1.83 bits per heavy atom. The molecule has 1 atom stereocenters. The second kappa shape index (κ2) is 4.04. The summed E-state index contributed by atoms with van der Waals surface area (Å²) >= 11 is 0. The molecule has 5 heteroatoms. The second-order valence-electron chi connectivity index (χ2n) is 2.79. The number of nitrogens with two attached hydrogens (primary N) is 1. The number of nitrogens with zero attached hydrogens (tertiary/aromatic N) is 2. The van der Waals surface area contributed by atoms with Crippen LogP contribution >= 0.6 is 0 Å². The summed E-state index contributed by atoms with van der Waals surface area (Å²) in [7, 11) is 0. The van der Waals surface area contributed by atoms with Crippen LogP contribution in [-0.4, -0.2) is 43.0 Å². The minimum atomic E-state index is -0.378. The van der Waals surface area contributed by atoms with Crippen LogP contribution in [0.1, 0.15) is 0 Å². The number of nitrogens with one attached hydrogen (secondary N) is 1. The lowest BCUT2D eigenvalue weighted by Gasteiger charge is -2.30. The molecule has 0 radical (unpaired) electrons. The summed E-state index contributed by atoms with van der Waals surface area (Å²) in [4.78, 5) is 12.4. The third-order valence-electron chi connectivity index (χ3n) is 1.86. The summed E-state index contributed by atoms with van der Waals surface area (Å²) in [5.74, 6) is -0.378. The highest BCUT2D eigenvalue weighted by Gasteiger charge is 2.22. The Labute approximate surface area is 71.1 Å². The smallest absolute Gasteiger partial charge is 0.231 e. The Bertz CT molecular complexity index is 210. The molecule has 1 heterocycles. The molecule has 0 aromatic carbocycles. The number of amides is 1. The van der Waals surface area contributed by atoms with Crippen molar-refractivity contribution in [2.24, 2.45) is 5.73 Å². The lowest BCUT2D eigenvalue weighted by atomic mass is 10.2. The molecule has 1 amide bonds. The zero-order valence-corrected chi connectivity index (χ0v) is 6.79. The van der Waals surface area contributed by atoms with Crippen LogP contribution in [0.25, 0.3) is 0 Å². The highest BCUT2D eigenvalue weighted by Crippen LogP contribution is 2.00. The molecule has 1 aliphatic heterocycles. The average molecular weight is 168 g/mol. The van der Waals surface area contributed by atoms with Crippen molar-refractivity contribution >= 4 is 5.91 Å². The van der Waals surface area contributed by atoms with Gasteiger partial charge in [0.15, 0.2) is 0 Å². The molecule has 0 aromatic rings. The summed E-state index contributed by atoms with van der Waals surface area (Å²) in [5.41, 5.74) is 5.03. The third-order valence-corrected chi connectivity index (χ3v) is 1.86. The van der Waals surface area contributed by atoms with Gasteiger partial charge in [0.25, 0.3) is 0 Å². The summed E-state index contributed by atoms with van der Waals surface area (Å²) < 4.78 is 0. The molecule has 3 N–H and O–H groups in total. The van der Waals surface area contributed by atoms with Crippen LogP contribution in [0.3, 0.4) is 0 Å². The lowest BCUT2D eigenvalue weighted by Crippen LogP contribution is -2.52. The van der Waals surface area contributed by atoms with Crippen molar-refractivity contribution in [1.82, 2.24) is 10.2 Å². The first-order chi connectivity index (χ1) is 5.74. The number of rotatable bonds is 2. The van der Waals surface area contributed by atoms with Crippen molar-refractivity contribution in [3.05, 3.63) is 0 Å². The van der Waals surface area contributed by atoms with E-state index in [9.17, 15) is 4.79 Å². The van der Waals surface area contributed by atoms with Crippen LogP contribution in [-0.2, 0) is 4.79 Å². The molecule has 1 fully saturated rings. The van der Waals surface area contributed by atoms with Gasteiger partial charge in [-0.3, -0.25) is 9.69 Å². The first kappa shape index (κ1) is 8.97. The van der Waals surface area contributed by atoms with Crippen molar-refractivity contribution in [2.75, 3.05) is 26.2 Å². The van der Waals surface area contributed by atoms with Gasteiger partial charge < -0.3 is 11.1 Å². The van der Waals surface area contributed by atoms with E-state index in [1.54, 1.807) is 4.90 Å². The Morgan fingerprint density at radius 3 is 3.17 bits per heavy atom. The van der Waals surface area contributed by atoms with Gasteiger partial charge in [-0.1, -0.05) is 0 Å². The van der Waals surface area contributed by atoms with Gasteiger partial charge in [0, 0.05) is 19.6 Å². The standard InChI is InChI=1S/C7H12N4O/c8-3-6-4-10-1-2-11(6)5-7(9)12/h6,10H,1-2,4-5H2,(H2,9,12). The molecule has 0 saturated carbocycles. The average Bonchev–Trinajstić information content (AvgIpc) is 2.04. The van der Waals surface area contributed by atoms with E-state index in [0.29, 0.717) is 13.1 Å². The first-order valence-corrected chi connectivity index (χ1v) is 3.86. The quantitative estimate of drug-likeness (QED) is 0.513. The molecule has 0 bridgehead atoms. The van der Waals surface area contributed by atoms with Gasteiger partial charge in [-0.25, -0.2) is 0 Å². The number of nitriles is 1. The number of piperazine rings is 1. The highest BCUT2D eigenvalue weighted by molar-refractivity contribution is 5.76. The molecule has 0 aliphatic carbocycles. The van der Waals surface area contributed by atoms with Crippen LogP contribution in [0.5, 0.6) is 0 Å². The maximum Gasteiger partial charge on any atom is 0.231 e. The summed E-state index contributed by atoms with van der Waals surface area (Å²) in [6.45, 7) is 2.32. The molecular weight excluding hydrogens is 156 g/mol. The molecule has 66 valence electrons. The maximum absolute atomic E-state index is 10.6. The summed E-state index contributed by atoms with van der Waals surface area (Å²) in [6.07, 6.45) is 0. The molecule has 5 nitrogen and oxygen atoms in total. The Hall–Kier alpha value is -1.12. The largest absolute Gasteiger partial charge is 0.369 e. The zero-order chi connectivity index (χ0) is 8.97. The predicted octanol–water partition coefficient (Wildman–Crippen LogP) is -1.73. The van der Waals surface area contributed by atoms with Crippen LogP contribution in [0.4, 0.5) is 0 Å². The molecular formula is C7H12N4O. The van der Waals surface area contributed by atoms with E-state index in [4.69, 9.17) is 11.0 Å². The minimum Gasteiger partial charge on any atom is -0.369 e. The number of hydrogen-bond donors (Lipinski definition) is 2. The molecule has 0 aromatic heterocycles. The Balaban J connectivity index is 2.48. The second-order valence-corrected chi connectivity index (χ2v) is 2.79. The van der Waals surface area contributed by atoms with Crippen molar-refractivity contribution < 1.29 is 4.79 Å². The van der Waals surface area contributed by atoms with Crippen LogP contribution in [0.2, 0.25) is 0 Å². The van der Waals surface area contributed by atoms with Gasteiger partial charge in [-0.15, -0.1) is 0 Å². The molecule has 1 unspecified atom stereocenters. The molecule has 12 heavy (non-hydrogen) atoms. The van der Waals surface area contributed by atoms with Crippen LogP contribution in [0.15, 0.2) is 0 Å². The van der Waals surface area contributed by atoms with E-state index in [-0.39, 0.29) is 18.5 Å². The zero-order valence-electron chi connectivity index (χ0n) is 6.79. The number of hydrogen-bond acceptors (Lipinski definition) is 4. The third kappa shape index (κ3) is 2.19. The molecule has 1 rings (SSSR count). The van der Waals surface area contributed by atoms with Crippen molar-refractivity contribution in [3.8, 4) is 6.07 Å². The van der Waals surface area contributed by atoms with Crippen LogP contribution in [0, 0.1) is 11.3 Å². The molecule has 1 saturated heterocycles. The first-order valence-electron chi connectivity index (χ1n) is 3.86. The summed E-state index contributed by atoms with van der Waals surface area (Å²) in [6, 6.07) is 1.90. The minimum absolute atomic E-state index is 0.180. The van der Waals surface area contributed by atoms with E-state index < -0.39 is 0 Å².